The number of hydrogen-bond acceptors (Lipinski definition) is 11. The maximum atomic E-state index is 14.8. The summed E-state index contributed by atoms with van der Waals surface area (Å²) >= 11 is 0. The topological polar surface area (TPSA) is 183 Å². The van der Waals surface area contributed by atoms with Crippen molar-refractivity contribution in [2.24, 2.45) is 11.3 Å². The molecule has 60 heavy (non-hydrogen) atoms. The van der Waals surface area contributed by atoms with Gasteiger partial charge in [0.2, 0.25) is 12.3 Å². The van der Waals surface area contributed by atoms with Crippen molar-refractivity contribution in [3.63, 3.8) is 0 Å². The lowest BCUT2D eigenvalue weighted by atomic mass is 9.88. The molecule has 1 saturated carbocycles. The Hall–Kier alpha value is -6.62. The first kappa shape index (κ1) is 44.5. The number of rotatable bonds is 21. The average molecular weight is 833 g/mol. The van der Waals surface area contributed by atoms with Crippen molar-refractivity contribution in [3.05, 3.63) is 113 Å². The lowest BCUT2D eigenvalue weighted by molar-refractivity contribution is -0.203. The van der Waals surface area contributed by atoms with E-state index in [2.05, 4.69) is 20.1 Å². The quantitative estimate of drug-likeness (QED) is 0.0508. The molecule has 4 amide bonds. The molecule has 3 atom stereocenters. The zero-order chi connectivity index (χ0) is 43.4. The van der Waals surface area contributed by atoms with Crippen LogP contribution in [0, 0.1) is 23.0 Å². The number of furan rings is 1. The van der Waals surface area contributed by atoms with Crippen LogP contribution in [-0.4, -0.2) is 92.7 Å². The Balaban J connectivity index is 1.31. The molecule has 4 aromatic rings. The van der Waals surface area contributed by atoms with Crippen LogP contribution in [0.4, 0.5) is 8.78 Å². The second-order valence-electron chi connectivity index (χ2n) is 13.9. The summed E-state index contributed by atoms with van der Waals surface area (Å²) in [6.45, 7) is 2.38. The van der Waals surface area contributed by atoms with Crippen LogP contribution in [0.25, 0.3) is 11.3 Å². The number of hydrogen-bond donors (Lipinski definition) is 2. The zero-order valence-electron chi connectivity index (χ0n) is 33.5. The molecule has 0 bridgehead atoms. The molecule has 1 unspecified atom stereocenters. The SMILES string of the molecule is CCOc1cc(C(=O)N(CC(=O)OC)CC(=O)OC)cc(-c2ccc(C(=O)NCNC(=O)C3([C@@H](CC)N(C=O)OCc4ccccc4)C[C@H]3Cc3ccc(F)cc3F)o2)c1. The maximum Gasteiger partial charge on any atom is 0.325 e. The second-order valence-corrected chi connectivity index (χ2v) is 13.9. The van der Waals surface area contributed by atoms with Crippen molar-refractivity contribution < 1.29 is 61.0 Å². The third kappa shape index (κ3) is 10.7. The Bertz CT molecular complexity index is 2160. The molecule has 1 aliphatic rings. The van der Waals surface area contributed by atoms with Gasteiger partial charge in [0.15, 0.2) is 5.76 Å². The molecule has 15 nitrogen and oxygen atoms in total. The Labute approximate surface area is 344 Å². The summed E-state index contributed by atoms with van der Waals surface area (Å²) in [6, 6.07) is 18.9. The van der Waals surface area contributed by atoms with Gasteiger partial charge in [-0.25, -0.2) is 13.8 Å². The van der Waals surface area contributed by atoms with E-state index in [0.29, 0.717) is 12.0 Å². The molecular formula is C43H46F2N4O11. The van der Waals surface area contributed by atoms with Gasteiger partial charge in [0.05, 0.1) is 39.0 Å². The van der Waals surface area contributed by atoms with Crippen molar-refractivity contribution in [2.75, 3.05) is 40.6 Å². The normalized spacial score (nSPS) is 15.9. The first-order valence-corrected chi connectivity index (χ1v) is 19.1. The monoisotopic (exact) mass is 832 g/mol. The third-order valence-corrected chi connectivity index (χ3v) is 10.1. The fourth-order valence-corrected chi connectivity index (χ4v) is 7.09. The van der Waals surface area contributed by atoms with E-state index in [1.165, 1.54) is 30.3 Å². The molecule has 0 radical (unpaired) electrons. The van der Waals surface area contributed by atoms with Gasteiger partial charge in [-0.3, -0.25) is 33.6 Å². The summed E-state index contributed by atoms with van der Waals surface area (Å²) in [5.41, 5.74) is 0.105. The van der Waals surface area contributed by atoms with Gasteiger partial charge in [0.25, 0.3) is 11.8 Å². The summed E-state index contributed by atoms with van der Waals surface area (Å²) in [5, 5.41) is 6.42. The number of amides is 4. The van der Waals surface area contributed by atoms with Gasteiger partial charge in [-0.2, -0.15) is 0 Å². The third-order valence-electron chi connectivity index (χ3n) is 10.1. The lowest BCUT2D eigenvalue weighted by Gasteiger charge is -2.33. The van der Waals surface area contributed by atoms with Crippen LogP contribution < -0.4 is 15.4 Å². The highest BCUT2D eigenvalue weighted by Crippen LogP contribution is 2.59. The molecule has 0 aliphatic heterocycles. The molecule has 17 heteroatoms. The fourth-order valence-electron chi connectivity index (χ4n) is 7.09. The van der Waals surface area contributed by atoms with Crippen LogP contribution in [0.15, 0.2) is 83.3 Å². The molecule has 0 saturated heterocycles. The van der Waals surface area contributed by atoms with E-state index in [1.807, 2.05) is 30.3 Å². The van der Waals surface area contributed by atoms with E-state index in [0.717, 1.165) is 41.9 Å². The standard InChI is InChI=1S/C43H46F2N4O11/c1-5-37(49(26-50)59-24-27-10-8-7-9-11-27)43(21-31(43)17-28-12-13-32(44)20-34(28)45)42(55)47-25-46-40(53)36-15-14-35(60-36)29-16-30(19-33(18-29)58-6-2)41(54)48(22-38(51)56-3)23-39(52)57-4/h7-16,18-20,26,31,37H,5-6,17,21-25H2,1-4H3,(H,46,53)(H,47,55)/t31-,37-,43?/m1/s1. The van der Waals surface area contributed by atoms with Crippen LogP contribution in [-0.2, 0) is 46.5 Å². The number of methoxy groups -OCH3 is 2. The van der Waals surface area contributed by atoms with E-state index in [9.17, 15) is 37.5 Å². The summed E-state index contributed by atoms with van der Waals surface area (Å²) in [6.07, 6.45) is 1.11. The molecule has 2 N–H and O–H groups in total. The molecule has 1 aromatic heterocycles. The molecule has 318 valence electrons. The number of nitrogens with zero attached hydrogens (tertiary/aromatic N) is 2. The highest BCUT2D eigenvalue weighted by molar-refractivity contribution is 5.99. The second kappa shape index (κ2) is 20.4. The minimum absolute atomic E-state index is 0.0346. The predicted molar refractivity (Wildman–Crippen MR) is 210 cm³/mol. The zero-order valence-corrected chi connectivity index (χ0v) is 33.5. The first-order valence-electron chi connectivity index (χ1n) is 19.1. The lowest BCUT2D eigenvalue weighted by Crippen LogP contribution is -2.51. The Kier molecular flexibility index (Phi) is 15.1. The van der Waals surface area contributed by atoms with E-state index in [4.69, 9.17) is 14.0 Å². The van der Waals surface area contributed by atoms with Crippen molar-refractivity contribution in [2.45, 2.75) is 45.8 Å². The van der Waals surface area contributed by atoms with Crippen molar-refractivity contribution >= 4 is 36.1 Å². The molecule has 3 aromatic carbocycles. The minimum atomic E-state index is -1.25. The number of nitrogens with one attached hydrogen (secondary N) is 2. The molecular weight excluding hydrogens is 786 g/mol. The Morgan fingerprint density at radius 1 is 0.917 bits per heavy atom. The van der Waals surface area contributed by atoms with Gasteiger partial charge in [0.1, 0.15) is 42.8 Å². The van der Waals surface area contributed by atoms with Crippen molar-refractivity contribution in [1.82, 2.24) is 20.6 Å². The number of esters is 2. The number of benzene rings is 3. The van der Waals surface area contributed by atoms with E-state index in [1.54, 1.807) is 19.9 Å². The highest BCUT2D eigenvalue weighted by Gasteiger charge is 2.65. The summed E-state index contributed by atoms with van der Waals surface area (Å²) in [4.78, 5) is 84.3. The average Bonchev–Trinajstić information content (AvgIpc) is 3.73. The van der Waals surface area contributed by atoms with Crippen LogP contribution in [0.5, 0.6) is 5.75 Å². The van der Waals surface area contributed by atoms with Gasteiger partial charge in [0, 0.05) is 17.2 Å². The fraction of sp³-hybridized carbons (Fsp3) is 0.349. The van der Waals surface area contributed by atoms with Gasteiger partial charge in [-0.1, -0.05) is 43.3 Å². The van der Waals surface area contributed by atoms with E-state index < -0.39 is 71.8 Å². The Morgan fingerprint density at radius 2 is 1.63 bits per heavy atom. The number of halogens is 2. The summed E-state index contributed by atoms with van der Waals surface area (Å²) < 4.78 is 49.4. The number of carbonyl (C=O) groups excluding carboxylic acids is 6. The van der Waals surface area contributed by atoms with Gasteiger partial charge in [-0.05, 0) is 79.6 Å². The summed E-state index contributed by atoms with van der Waals surface area (Å²) in [5.74, 6) is -5.15. The van der Waals surface area contributed by atoms with Gasteiger partial charge >= 0.3 is 11.9 Å². The van der Waals surface area contributed by atoms with Crippen LogP contribution >= 0.6 is 0 Å². The van der Waals surface area contributed by atoms with Crippen LogP contribution in [0.1, 0.15) is 58.7 Å². The molecule has 1 aliphatic carbocycles. The largest absolute Gasteiger partial charge is 0.494 e. The maximum absolute atomic E-state index is 14.8. The molecule has 0 spiro atoms. The van der Waals surface area contributed by atoms with E-state index in [-0.39, 0.29) is 67.5 Å². The van der Waals surface area contributed by atoms with Crippen molar-refractivity contribution in [1.29, 1.82) is 0 Å². The van der Waals surface area contributed by atoms with Crippen LogP contribution in [0.2, 0.25) is 0 Å². The van der Waals surface area contributed by atoms with Crippen molar-refractivity contribution in [3.8, 4) is 17.1 Å². The Morgan fingerprint density at radius 3 is 2.27 bits per heavy atom. The molecule has 1 fully saturated rings. The molecule has 5 rings (SSSR count). The minimum Gasteiger partial charge on any atom is -0.494 e. The van der Waals surface area contributed by atoms with Crippen LogP contribution in [0.3, 0.4) is 0 Å². The predicted octanol–water partition coefficient (Wildman–Crippen LogP) is 4.83. The highest BCUT2D eigenvalue weighted by atomic mass is 19.1. The number of ether oxygens (including phenoxy) is 3. The first-order chi connectivity index (χ1) is 28.9. The van der Waals surface area contributed by atoms with Gasteiger partial charge < -0.3 is 34.2 Å². The summed E-state index contributed by atoms with van der Waals surface area (Å²) in [7, 11) is 2.29. The number of hydroxylamine groups is 2. The number of carbonyl (C=O) groups is 6. The van der Waals surface area contributed by atoms with Gasteiger partial charge in [-0.15, -0.1) is 0 Å². The molecule has 1 heterocycles. The van der Waals surface area contributed by atoms with E-state index >= 15 is 0 Å². The smallest absolute Gasteiger partial charge is 0.325 e.